The first kappa shape index (κ1) is 42.5. The summed E-state index contributed by atoms with van der Waals surface area (Å²) in [6.07, 6.45) is 4.31. The van der Waals surface area contributed by atoms with Gasteiger partial charge in [0, 0.05) is 40.1 Å². The third-order valence-corrected chi connectivity index (χ3v) is 12.7. The molecule has 0 fully saturated rings. The Morgan fingerprint density at radius 2 is 0.818 bits per heavy atom. The second-order valence-electron chi connectivity index (χ2n) is 19.5. The highest BCUT2D eigenvalue weighted by atomic mass is 15.1. The van der Waals surface area contributed by atoms with E-state index in [1.165, 1.54) is 44.2 Å². The molecule has 0 bridgehead atoms. The first-order valence-corrected chi connectivity index (χ1v) is 23.2. The van der Waals surface area contributed by atoms with Crippen LogP contribution in [0.4, 0.5) is 0 Å². The molecule has 0 radical (unpaired) electrons. The van der Waals surface area contributed by atoms with Crippen LogP contribution in [0.15, 0.2) is 188 Å². The first-order valence-electron chi connectivity index (χ1n) is 23.2. The van der Waals surface area contributed by atoms with Crippen LogP contribution >= 0.6 is 0 Å². The van der Waals surface area contributed by atoms with Crippen LogP contribution in [0.2, 0.25) is 0 Å². The smallest absolute Gasteiger partial charge is 0.163 e. The molecule has 0 spiro atoms. The van der Waals surface area contributed by atoms with Crippen molar-refractivity contribution < 1.29 is 0 Å². The van der Waals surface area contributed by atoms with Gasteiger partial charge in [-0.25, -0.2) is 19.9 Å². The molecule has 0 aliphatic rings. The molecular weight excluding hydrogens is 803 g/mol. The van der Waals surface area contributed by atoms with Crippen molar-refractivity contribution in [3.63, 3.8) is 0 Å². The van der Waals surface area contributed by atoms with E-state index in [0.29, 0.717) is 18.1 Å². The second-order valence-corrected chi connectivity index (χ2v) is 19.5. The molecule has 0 amide bonds. The lowest BCUT2D eigenvalue weighted by Gasteiger charge is -2.19. The van der Waals surface area contributed by atoms with Crippen LogP contribution in [0.1, 0.15) is 70.5 Å². The van der Waals surface area contributed by atoms with Crippen molar-refractivity contribution in [1.82, 2.24) is 24.5 Å². The maximum atomic E-state index is 5.50. The van der Waals surface area contributed by atoms with Gasteiger partial charge in [0.25, 0.3) is 0 Å². The molecule has 3 heterocycles. The first-order chi connectivity index (χ1) is 32.0. The Balaban J connectivity index is 1.13. The van der Waals surface area contributed by atoms with E-state index < -0.39 is 0 Å². The van der Waals surface area contributed by atoms with Crippen molar-refractivity contribution in [3.8, 4) is 62.0 Å². The maximum Gasteiger partial charge on any atom is 0.163 e. The van der Waals surface area contributed by atoms with Crippen LogP contribution in [0.25, 0.3) is 83.8 Å². The van der Waals surface area contributed by atoms with Gasteiger partial charge < -0.3 is 0 Å². The molecule has 10 rings (SSSR count). The van der Waals surface area contributed by atoms with E-state index in [1.807, 2.05) is 36.4 Å². The van der Waals surface area contributed by atoms with Gasteiger partial charge in [-0.3, -0.25) is 4.57 Å². The lowest BCUT2D eigenvalue weighted by molar-refractivity contribution is 0.590. The molecule has 66 heavy (non-hydrogen) atoms. The maximum absolute atomic E-state index is 5.50. The summed E-state index contributed by atoms with van der Waals surface area (Å²) in [7, 11) is 0. The van der Waals surface area contributed by atoms with Gasteiger partial charge in [-0.05, 0) is 117 Å². The van der Waals surface area contributed by atoms with Crippen molar-refractivity contribution in [2.45, 2.75) is 71.6 Å². The zero-order valence-electron chi connectivity index (χ0n) is 38.8. The molecule has 5 nitrogen and oxygen atoms in total. The molecular formula is C61H55N5. The van der Waals surface area contributed by atoms with Gasteiger partial charge >= 0.3 is 0 Å². The Morgan fingerprint density at radius 1 is 0.394 bits per heavy atom. The van der Waals surface area contributed by atoms with Crippen LogP contribution in [0, 0.1) is 0 Å². The fraction of sp³-hybridized carbons (Fsp3) is 0.180. The second kappa shape index (κ2) is 17.5. The zero-order chi connectivity index (χ0) is 45.4. The van der Waals surface area contributed by atoms with E-state index in [4.69, 9.17) is 19.9 Å². The Hall–Kier alpha value is -7.50. The molecule has 0 aliphatic heterocycles. The summed E-state index contributed by atoms with van der Waals surface area (Å²) in [5, 5.41) is 2.49. The topological polar surface area (TPSA) is 56.5 Å². The average Bonchev–Trinajstić information content (AvgIpc) is 3.67. The van der Waals surface area contributed by atoms with E-state index in [1.54, 1.807) is 0 Å². The molecule has 5 heteroatoms. The Labute approximate surface area is 389 Å². The van der Waals surface area contributed by atoms with Gasteiger partial charge in [0.1, 0.15) is 11.6 Å². The zero-order valence-corrected chi connectivity index (χ0v) is 38.8. The van der Waals surface area contributed by atoms with E-state index in [-0.39, 0.29) is 10.8 Å². The van der Waals surface area contributed by atoms with E-state index in [0.717, 1.165) is 63.3 Å². The van der Waals surface area contributed by atoms with Gasteiger partial charge in [0.05, 0.1) is 11.0 Å². The van der Waals surface area contributed by atoms with Gasteiger partial charge in [0.15, 0.2) is 11.6 Å². The van der Waals surface area contributed by atoms with E-state index in [9.17, 15) is 0 Å². The average molecular weight is 858 g/mol. The molecule has 0 atom stereocenters. The third kappa shape index (κ3) is 8.69. The van der Waals surface area contributed by atoms with E-state index in [2.05, 4.69) is 198 Å². The molecule has 0 N–H and O–H groups in total. The van der Waals surface area contributed by atoms with Gasteiger partial charge in [-0.15, -0.1) is 0 Å². The molecule has 0 saturated carbocycles. The highest BCUT2D eigenvalue weighted by Gasteiger charge is 2.23. The van der Waals surface area contributed by atoms with Gasteiger partial charge in [0.2, 0.25) is 0 Å². The Kier molecular flexibility index (Phi) is 11.2. The summed E-state index contributed by atoms with van der Waals surface area (Å²) >= 11 is 0. The molecule has 3 aromatic heterocycles. The summed E-state index contributed by atoms with van der Waals surface area (Å²) in [5.41, 5.74) is 14.9. The summed E-state index contributed by atoms with van der Waals surface area (Å²) in [4.78, 5) is 20.6. The number of aromatic nitrogens is 5. The largest absolute Gasteiger partial charge is 0.294 e. The summed E-state index contributed by atoms with van der Waals surface area (Å²) in [6.45, 7) is 13.8. The van der Waals surface area contributed by atoms with Crippen molar-refractivity contribution >= 4 is 21.8 Å². The predicted octanol–water partition coefficient (Wildman–Crippen LogP) is 15.5. The minimum atomic E-state index is -0.00200. The van der Waals surface area contributed by atoms with Gasteiger partial charge in [-0.2, -0.15) is 0 Å². The number of rotatable bonds is 10. The lowest BCUT2D eigenvalue weighted by atomic mass is 9.85. The molecule has 0 unspecified atom stereocenters. The minimum absolute atomic E-state index is 0.00200. The monoisotopic (exact) mass is 857 g/mol. The van der Waals surface area contributed by atoms with Crippen LogP contribution in [0.5, 0.6) is 0 Å². The van der Waals surface area contributed by atoms with Crippen LogP contribution < -0.4 is 0 Å². The predicted molar refractivity (Wildman–Crippen MR) is 275 cm³/mol. The lowest BCUT2D eigenvalue weighted by Crippen LogP contribution is -2.10. The van der Waals surface area contributed by atoms with Crippen LogP contribution in [-0.4, -0.2) is 24.5 Å². The number of fused-ring (bicyclic) bond motifs is 3. The fourth-order valence-electron chi connectivity index (χ4n) is 9.02. The van der Waals surface area contributed by atoms with Crippen molar-refractivity contribution in [2.75, 3.05) is 0 Å². The number of aryl methyl sites for hydroxylation is 2. The number of hydrogen-bond acceptors (Lipinski definition) is 4. The van der Waals surface area contributed by atoms with Gasteiger partial charge in [-0.1, -0.05) is 175 Å². The third-order valence-electron chi connectivity index (χ3n) is 12.7. The highest BCUT2D eigenvalue weighted by molar-refractivity contribution is 6.10. The molecule has 0 aliphatic carbocycles. The van der Waals surface area contributed by atoms with Crippen LogP contribution in [-0.2, 0) is 23.7 Å². The van der Waals surface area contributed by atoms with Crippen molar-refractivity contribution in [1.29, 1.82) is 0 Å². The molecule has 7 aromatic carbocycles. The number of pyridine rings is 1. The Bertz CT molecular complexity index is 3140. The normalized spacial score (nSPS) is 12.0. The van der Waals surface area contributed by atoms with Crippen LogP contribution in [0.3, 0.4) is 0 Å². The molecule has 10 aromatic rings. The van der Waals surface area contributed by atoms with Crippen molar-refractivity contribution in [3.05, 3.63) is 211 Å². The molecule has 324 valence electrons. The van der Waals surface area contributed by atoms with Crippen molar-refractivity contribution in [2.24, 2.45) is 0 Å². The summed E-state index contributed by atoms with van der Waals surface area (Å²) in [6, 6.07) is 65.1. The quantitative estimate of drug-likeness (QED) is 0.137. The minimum Gasteiger partial charge on any atom is -0.294 e. The SMILES string of the molecule is CC(C)(C)c1ccc2c(c1)c1cc(C(C)(C)C)ccc1n2-c1ncc(-c2cc(-c3ccccc3)cc(-c3ccccc3)c2)cc1CCCc1nc(-c2ccccc2)nc(-c2ccccc2)n1. The number of hydrogen-bond donors (Lipinski definition) is 0. The highest BCUT2D eigenvalue weighted by Crippen LogP contribution is 2.40. The summed E-state index contributed by atoms with van der Waals surface area (Å²) < 4.78 is 2.41. The number of nitrogens with zero attached hydrogens (tertiary/aromatic N) is 5. The summed E-state index contributed by atoms with van der Waals surface area (Å²) in [5.74, 6) is 3.09. The molecule has 0 saturated heterocycles. The van der Waals surface area contributed by atoms with E-state index >= 15 is 0 Å². The fourth-order valence-corrected chi connectivity index (χ4v) is 9.02. The standard InChI is InChI=1S/C61H55N5/c1-60(2,3)50-30-32-54-52(38-50)53-39-51(61(4,5)6)31-33-55(53)66(54)59-45(28-19-29-56-63-57(43-24-15-9-16-25-43)65-58(64-56)44-26-17-10-18-27-44)34-49(40-62-59)48-36-46(41-20-11-7-12-21-41)35-47(37-48)42-22-13-8-14-23-42/h7-18,20-27,30-40H,19,28-29H2,1-6H3. The Morgan fingerprint density at radius 3 is 1.26 bits per heavy atom. The number of benzene rings is 7.